The van der Waals surface area contributed by atoms with Crippen molar-refractivity contribution in [3.05, 3.63) is 47.1 Å². The van der Waals surface area contributed by atoms with E-state index in [0.29, 0.717) is 13.1 Å². The zero-order chi connectivity index (χ0) is 18.7. The number of nitrogens with zero attached hydrogens (tertiary/aromatic N) is 4. The molecule has 3 rings (SSSR count). The number of nitrogens with one attached hydrogen (secondary N) is 1. The fourth-order valence-electron chi connectivity index (χ4n) is 2.78. The second kappa shape index (κ2) is 7.45. The molecule has 0 aromatic carbocycles. The minimum atomic E-state index is -4.50. The molecule has 2 aromatic rings. The normalized spacial score (nSPS) is 17.8. The van der Waals surface area contributed by atoms with Crippen LogP contribution in [0.3, 0.4) is 0 Å². The topological polar surface area (TPSA) is 71.0 Å². The highest BCUT2D eigenvalue weighted by atomic mass is 35.5. The van der Waals surface area contributed by atoms with E-state index in [0.717, 1.165) is 25.1 Å². The Hall–Kier alpha value is -2.42. The number of halogens is 4. The molecule has 1 unspecified atom stereocenters. The van der Waals surface area contributed by atoms with Gasteiger partial charge in [-0.2, -0.15) is 13.2 Å². The molecule has 2 aromatic heterocycles. The summed E-state index contributed by atoms with van der Waals surface area (Å²) in [7, 11) is 0. The van der Waals surface area contributed by atoms with Crippen molar-refractivity contribution in [3.63, 3.8) is 0 Å². The number of anilines is 1. The van der Waals surface area contributed by atoms with Crippen LogP contribution in [0.15, 0.2) is 30.9 Å². The molecule has 0 bridgehead atoms. The van der Waals surface area contributed by atoms with Crippen LogP contribution in [-0.2, 0) is 6.18 Å². The van der Waals surface area contributed by atoms with E-state index >= 15 is 0 Å². The predicted octanol–water partition coefficient (Wildman–Crippen LogP) is 2.94. The Labute approximate surface area is 152 Å². The van der Waals surface area contributed by atoms with E-state index in [-0.39, 0.29) is 28.5 Å². The van der Waals surface area contributed by atoms with Gasteiger partial charge >= 0.3 is 6.18 Å². The van der Waals surface area contributed by atoms with E-state index in [1.807, 2.05) is 0 Å². The van der Waals surface area contributed by atoms with E-state index in [2.05, 4.69) is 20.3 Å². The molecule has 6 nitrogen and oxygen atoms in total. The molecule has 10 heteroatoms. The van der Waals surface area contributed by atoms with Crippen molar-refractivity contribution in [2.75, 3.05) is 18.0 Å². The molecule has 0 radical (unpaired) electrons. The van der Waals surface area contributed by atoms with Gasteiger partial charge in [0.05, 0.1) is 16.8 Å². The summed E-state index contributed by atoms with van der Waals surface area (Å²) in [5.41, 5.74) is -0.689. The lowest BCUT2D eigenvalue weighted by atomic mass is 10.1. The number of amides is 1. The molecule has 1 N–H and O–H groups in total. The molecule has 1 aliphatic heterocycles. The Morgan fingerprint density at radius 1 is 1.27 bits per heavy atom. The summed E-state index contributed by atoms with van der Waals surface area (Å²) in [6, 6.07) is 0.671. The number of alkyl halides is 3. The zero-order valence-corrected chi connectivity index (χ0v) is 14.3. The molecule has 0 spiro atoms. The highest BCUT2D eigenvalue weighted by Crippen LogP contribution is 2.34. The third-order valence-corrected chi connectivity index (χ3v) is 4.28. The van der Waals surface area contributed by atoms with Crippen molar-refractivity contribution in [2.24, 2.45) is 0 Å². The molecule has 26 heavy (non-hydrogen) atoms. The van der Waals surface area contributed by atoms with Crippen LogP contribution in [-0.4, -0.2) is 40.0 Å². The molecule has 1 aliphatic rings. The Kier molecular flexibility index (Phi) is 5.26. The van der Waals surface area contributed by atoms with Crippen molar-refractivity contribution in [1.29, 1.82) is 0 Å². The van der Waals surface area contributed by atoms with E-state index in [9.17, 15) is 18.0 Å². The monoisotopic (exact) mass is 385 g/mol. The summed E-state index contributed by atoms with van der Waals surface area (Å²) >= 11 is 6.01. The first kappa shape index (κ1) is 18.4. The second-order valence-electron chi connectivity index (χ2n) is 5.88. The molecule has 0 saturated carbocycles. The van der Waals surface area contributed by atoms with E-state index in [1.54, 1.807) is 4.90 Å². The maximum absolute atomic E-state index is 12.7. The number of hydrogen-bond donors (Lipinski definition) is 1. The van der Waals surface area contributed by atoms with Crippen LogP contribution in [0.25, 0.3) is 0 Å². The molecule has 138 valence electrons. The summed E-state index contributed by atoms with van der Waals surface area (Å²) in [5.74, 6) is -0.0745. The molecule has 1 amide bonds. The Balaban J connectivity index is 1.70. The van der Waals surface area contributed by atoms with Crippen molar-refractivity contribution in [1.82, 2.24) is 20.3 Å². The van der Waals surface area contributed by atoms with Gasteiger partial charge in [0.2, 0.25) is 0 Å². The van der Waals surface area contributed by atoms with E-state index < -0.39 is 11.7 Å². The van der Waals surface area contributed by atoms with Gasteiger partial charge in [-0.3, -0.25) is 9.78 Å². The summed E-state index contributed by atoms with van der Waals surface area (Å²) in [6.45, 7) is 0.986. The largest absolute Gasteiger partial charge is 0.417 e. The maximum atomic E-state index is 12.7. The van der Waals surface area contributed by atoms with Crippen LogP contribution in [0.2, 0.25) is 5.02 Å². The molecular formula is C16H15ClF3N5O. The summed E-state index contributed by atoms with van der Waals surface area (Å²) in [4.78, 5) is 25.6. The van der Waals surface area contributed by atoms with Gasteiger partial charge in [0, 0.05) is 37.7 Å². The number of aromatic nitrogens is 3. The van der Waals surface area contributed by atoms with Crippen LogP contribution >= 0.6 is 11.6 Å². The molecule has 1 fully saturated rings. The van der Waals surface area contributed by atoms with Crippen LogP contribution in [0.5, 0.6) is 0 Å². The Bertz CT molecular complexity index is 787. The van der Waals surface area contributed by atoms with Crippen molar-refractivity contribution in [3.8, 4) is 0 Å². The molecule has 3 heterocycles. The van der Waals surface area contributed by atoms with Crippen molar-refractivity contribution >= 4 is 23.3 Å². The molecular weight excluding hydrogens is 371 g/mol. The van der Waals surface area contributed by atoms with Crippen LogP contribution in [0, 0.1) is 0 Å². The fourth-order valence-corrected chi connectivity index (χ4v) is 3.07. The first-order valence-corrected chi connectivity index (χ1v) is 8.27. The summed E-state index contributed by atoms with van der Waals surface area (Å²) in [6.07, 6.45) is 2.01. The third kappa shape index (κ3) is 4.21. The number of pyridine rings is 1. The van der Waals surface area contributed by atoms with Gasteiger partial charge in [-0.1, -0.05) is 11.6 Å². The van der Waals surface area contributed by atoms with E-state index in [4.69, 9.17) is 11.6 Å². The Morgan fingerprint density at radius 2 is 2.08 bits per heavy atom. The first-order chi connectivity index (χ1) is 12.3. The minimum absolute atomic E-state index is 0.0688. The number of carbonyl (C=O) groups is 1. The highest BCUT2D eigenvalue weighted by Gasteiger charge is 2.32. The van der Waals surface area contributed by atoms with Gasteiger partial charge in [0.15, 0.2) is 0 Å². The highest BCUT2D eigenvalue weighted by molar-refractivity contribution is 6.33. The second-order valence-corrected chi connectivity index (χ2v) is 6.28. The quantitative estimate of drug-likeness (QED) is 0.879. The Morgan fingerprint density at radius 3 is 2.73 bits per heavy atom. The average Bonchev–Trinajstić information content (AvgIpc) is 2.62. The van der Waals surface area contributed by atoms with Gasteiger partial charge in [-0.05, 0) is 18.9 Å². The number of piperidine rings is 1. The lowest BCUT2D eigenvalue weighted by Crippen LogP contribution is -2.48. The summed E-state index contributed by atoms with van der Waals surface area (Å²) in [5, 5.41) is 2.79. The molecule has 1 atom stereocenters. The summed E-state index contributed by atoms with van der Waals surface area (Å²) < 4.78 is 38.2. The van der Waals surface area contributed by atoms with Gasteiger partial charge in [-0.15, -0.1) is 0 Å². The van der Waals surface area contributed by atoms with Gasteiger partial charge in [0.25, 0.3) is 5.91 Å². The maximum Gasteiger partial charge on any atom is 0.417 e. The number of carbonyl (C=O) groups excluding carboxylic acids is 1. The van der Waals surface area contributed by atoms with Crippen LogP contribution in [0.4, 0.5) is 19.0 Å². The van der Waals surface area contributed by atoms with Gasteiger partial charge in [0.1, 0.15) is 11.5 Å². The first-order valence-electron chi connectivity index (χ1n) is 7.89. The third-order valence-electron chi connectivity index (χ3n) is 4.00. The molecule has 1 saturated heterocycles. The smallest absolute Gasteiger partial charge is 0.353 e. The zero-order valence-electron chi connectivity index (χ0n) is 13.5. The van der Waals surface area contributed by atoms with Crippen LogP contribution < -0.4 is 10.2 Å². The van der Waals surface area contributed by atoms with Crippen molar-refractivity contribution in [2.45, 2.75) is 25.1 Å². The van der Waals surface area contributed by atoms with E-state index in [1.165, 1.54) is 18.6 Å². The van der Waals surface area contributed by atoms with Crippen LogP contribution in [0.1, 0.15) is 28.9 Å². The SMILES string of the molecule is O=C(NC1CCCN(c2ncc(C(F)(F)F)cc2Cl)C1)c1cnccn1. The van der Waals surface area contributed by atoms with Crippen molar-refractivity contribution < 1.29 is 18.0 Å². The fraction of sp³-hybridized carbons (Fsp3) is 0.375. The van der Waals surface area contributed by atoms with Gasteiger partial charge < -0.3 is 10.2 Å². The minimum Gasteiger partial charge on any atom is -0.353 e. The predicted molar refractivity (Wildman–Crippen MR) is 89.0 cm³/mol. The number of hydrogen-bond acceptors (Lipinski definition) is 5. The lowest BCUT2D eigenvalue weighted by Gasteiger charge is -2.34. The van der Waals surface area contributed by atoms with Gasteiger partial charge in [-0.25, -0.2) is 9.97 Å². The number of rotatable bonds is 3. The molecule has 0 aliphatic carbocycles. The lowest BCUT2D eigenvalue weighted by molar-refractivity contribution is -0.137. The standard InChI is InChI=1S/C16H15ClF3N5O/c17-12-6-10(16(18,19)20)7-23-14(12)25-5-1-2-11(9-25)24-15(26)13-8-21-3-4-22-13/h3-4,6-8,11H,1-2,5,9H2,(H,24,26). The average molecular weight is 386 g/mol.